The van der Waals surface area contributed by atoms with Crippen LogP contribution in [0.5, 0.6) is 23.0 Å². The number of rotatable bonds is 7. The summed E-state index contributed by atoms with van der Waals surface area (Å²) in [5, 5.41) is 9.45. The SMILES string of the molecule is CCC(O)COc1ccc(Oc2ccc(OC)cc2)cc1. The summed E-state index contributed by atoms with van der Waals surface area (Å²) in [5.41, 5.74) is 0. The highest BCUT2D eigenvalue weighted by molar-refractivity contribution is 5.37. The predicted octanol–water partition coefficient (Wildman–Crippen LogP) is 3.64. The van der Waals surface area contributed by atoms with E-state index >= 15 is 0 Å². The summed E-state index contributed by atoms with van der Waals surface area (Å²) in [6, 6.07) is 14.7. The van der Waals surface area contributed by atoms with Gasteiger partial charge >= 0.3 is 0 Å². The van der Waals surface area contributed by atoms with Crippen molar-refractivity contribution in [2.45, 2.75) is 19.4 Å². The highest BCUT2D eigenvalue weighted by atomic mass is 16.5. The minimum absolute atomic E-state index is 0.301. The maximum atomic E-state index is 9.45. The number of aliphatic hydroxyl groups is 1. The van der Waals surface area contributed by atoms with Gasteiger partial charge in [-0.2, -0.15) is 0 Å². The number of hydrogen-bond donors (Lipinski definition) is 1. The Bertz CT molecular complexity index is 534. The maximum absolute atomic E-state index is 9.45. The van der Waals surface area contributed by atoms with Gasteiger partial charge in [0.2, 0.25) is 0 Å². The molecule has 2 aromatic carbocycles. The van der Waals surface area contributed by atoms with Gasteiger partial charge in [0.1, 0.15) is 29.6 Å². The van der Waals surface area contributed by atoms with Gasteiger partial charge in [-0.1, -0.05) is 6.92 Å². The molecule has 0 saturated heterocycles. The number of methoxy groups -OCH3 is 1. The number of aliphatic hydroxyl groups excluding tert-OH is 1. The first-order valence-electron chi connectivity index (χ1n) is 6.94. The van der Waals surface area contributed by atoms with Crippen molar-refractivity contribution in [1.29, 1.82) is 0 Å². The second-order valence-electron chi connectivity index (χ2n) is 4.62. The van der Waals surface area contributed by atoms with Crippen molar-refractivity contribution in [2.75, 3.05) is 13.7 Å². The van der Waals surface area contributed by atoms with Crippen LogP contribution in [0.1, 0.15) is 13.3 Å². The minimum atomic E-state index is -0.430. The van der Waals surface area contributed by atoms with Crippen molar-refractivity contribution in [3.05, 3.63) is 48.5 Å². The van der Waals surface area contributed by atoms with Crippen molar-refractivity contribution >= 4 is 0 Å². The van der Waals surface area contributed by atoms with Crippen LogP contribution < -0.4 is 14.2 Å². The Balaban J connectivity index is 1.92. The van der Waals surface area contributed by atoms with E-state index in [1.54, 1.807) is 7.11 Å². The Morgan fingerprint density at radius 1 is 0.857 bits per heavy atom. The van der Waals surface area contributed by atoms with E-state index in [2.05, 4.69) is 0 Å². The van der Waals surface area contributed by atoms with E-state index in [0.29, 0.717) is 18.8 Å². The molecule has 2 aromatic rings. The third kappa shape index (κ3) is 4.68. The monoisotopic (exact) mass is 288 g/mol. The van der Waals surface area contributed by atoms with Crippen molar-refractivity contribution in [1.82, 2.24) is 0 Å². The quantitative estimate of drug-likeness (QED) is 0.845. The zero-order chi connectivity index (χ0) is 15.1. The van der Waals surface area contributed by atoms with Crippen LogP contribution in [0.2, 0.25) is 0 Å². The van der Waals surface area contributed by atoms with Gasteiger partial charge in [-0.3, -0.25) is 0 Å². The van der Waals surface area contributed by atoms with E-state index in [1.807, 2.05) is 55.5 Å². The van der Waals surface area contributed by atoms with Crippen molar-refractivity contribution in [2.24, 2.45) is 0 Å². The molecule has 1 N–H and O–H groups in total. The fourth-order valence-corrected chi connectivity index (χ4v) is 1.69. The summed E-state index contributed by atoms with van der Waals surface area (Å²) in [6.45, 7) is 2.22. The molecule has 0 bridgehead atoms. The van der Waals surface area contributed by atoms with Gasteiger partial charge in [-0.05, 0) is 55.0 Å². The first-order valence-corrected chi connectivity index (χ1v) is 6.94. The summed E-state index contributed by atoms with van der Waals surface area (Å²) in [4.78, 5) is 0. The third-order valence-electron chi connectivity index (χ3n) is 3.03. The molecule has 0 heterocycles. The molecule has 0 spiro atoms. The van der Waals surface area contributed by atoms with Crippen LogP contribution in [-0.4, -0.2) is 24.9 Å². The lowest BCUT2D eigenvalue weighted by atomic mass is 10.3. The zero-order valence-corrected chi connectivity index (χ0v) is 12.3. The Kier molecular flexibility index (Phi) is 5.46. The lowest BCUT2D eigenvalue weighted by Crippen LogP contribution is -2.15. The third-order valence-corrected chi connectivity index (χ3v) is 3.03. The lowest BCUT2D eigenvalue weighted by molar-refractivity contribution is 0.104. The van der Waals surface area contributed by atoms with Crippen LogP contribution in [-0.2, 0) is 0 Å². The number of benzene rings is 2. The fourth-order valence-electron chi connectivity index (χ4n) is 1.69. The topological polar surface area (TPSA) is 47.9 Å². The average molecular weight is 288 g/mol. The summed E-state index contributed by atoms with van der Waals surface area (Å²) in [7, 11) is 1.63. The van der Waals surface area contributed by atoms with E-state index in [-0.39, 0.29) is 0 Å². The molecule has 112 valence electrons. The lowest BCUT2D eigenvalue weighted by Gasteiger charge is -2.11. The molecule has 21 heavy (non-hydrogen) atoms. The molecule has 0 aliphatic carbocycles. The van der Waals surface area contributed by atoms with E-state index in [0.717, 1.165) is 17.2 Å². The van der Waals surface area contributed by atoms with E-state index in [9.17, 15) is 5.11 Å². The first kappa shape index (κ1) is 15.2. The standard InChI is InChI=1S/C17H20O4/c1-3-13(18)12-20-15-6-10-17(11-7-15)21-16-8-4-14(19-2)5-9-16/h4-11,13,18H,3,12H2,1-2H3. The Morgan fingerprint density at radius 3 is 1.81 bits per heavy atom. The summed E-state index contributed by atoms with van der Waals surface area (Å²) in [5.74, 6) is 2.97. The smallest absolute Gasteiger partial charge is 0.127 e. The van der Waals surface area contributed by atoms with E-state index in [1.165, 1.54) is 0 Å². The molecule has 4 nitrogen and oxygen atoms in total. The zero-order valence-electron chi connectivity index (χ0n) is 12.3. The largest absolute Gasteiger partial charge is 0.497 e. The van der Waals surface area contributed by atoms with Crippen LogP contribution in [0.15, 0.2) is 48.5 Å². The summed E-state index contributed by atoms with van der Waals surface area (Å²) < 4.78 is 16.3. The van der Waals surface area contributed by atoms with Crippen molar-refractivity contribution < 1.29 is 19.3 Å². The molecule has 0 amide bonds. The molecule has 0 aliphatic heterocycles. The van der Waals surface area contributed by atoms with Crippen LogP contribution in [0.3, 0.4) is 0 Å². The number of ether oxygens (including phenoxy) is 3. The molecular weight excluding hydrogens is 268 g/mol. The number of hydrogen-bond acceptors (Lipinski definition) is 4. The van der Waals surface area contributed by atoms with Gasteiger partial charge in [-0.25, -0.2) is 0 Å². The molecule has 2 rings (SSSR count). The first-order chi connectivity index (χ1) is 10.2. The molecule has 0 saturated carbocycles. The fraction of sp³-hybridized carbons (Fsp3) is 0.294. The van der Waals surface area contributed by atoms with Gasteiger partial charge in [0.15, 0.2) is 0 Å². The second kappa shape index (κ2) is 7.55. The molecule has 1 atom stereocenters. The molecule has 4 heteroatoms. The molecule has 0 fully saturated rings. The van der Waals surface area contributed by atoms with Crippen LogP contribution in [0.4, 0.5) is 0 Å². The maximum Gasteiger partial charge on any atom is 0.127 e. The highest BCUT2D eigenvalue weighted by Crippen LogP contribution is 2.25. The second-order valence-corrected chi connectivity index (χ2v) is 4.62. The summed E-state index contributed by atoms with van der Waals surface area (Å²) in [6.07, 6.45) is 0.249. The van der Waals surface area contributed by atoms with E-state index in [4.69, 9.17) is 14.2 Å². The van der Waals surface area contributed by atoms with Gasteiger partial charge in [0, 0.05) is 0 Å². The van der Waals surface area contributed by atoms with Gasteiger partial charge in [0.05, 0.1) is 13.2 Å². The van der Waals surface area contributed by atoms with Crippen molar-refractivity contribution in [3.8, 4) is 23.0 Å². The molecule has 0 aliphatic rings. The van der Waals surface area contributed by atoms with Crippen molar-refractivity contribution in [3.63, 3.8) is 0 Å². The summed E-state index contributed by atoms with van der Waals surface area (Å²) >= 11 is 0. The Morgan fingerprint density at radius 2 is 1.33 bits per heavy atom. The molecule has 0 radical (unpaired) electrons. The predicted molar refractivity (Wildman–Crippen MR) is 81.3 cm³/mol. The average Bonchev–Trinajstić information content (AvgIpc) is 2.54. The minimum Gasteiger partial charge on any atom is -0.497 e. The molecule has 1 unspecified atom stereocenters. The normalized spacial score (nSPS) is 11.8. The van der Waals surface area contributed by atoms with Crippen LogP contribution in [0.25, 0.3) is 0 Å². The van der Waals surface area contributed by atoms with Gasteiger partial charge < -0.3 is 19.3 Å². The van der Waals surface area contributed by atoms with Crippen LogP contribution in [0, 0.1) is 0 Å². The van der Waals surface area contributed by atoms with Gasteiger partial charge in [0.25, 0.3) is 0 Å². The Hall–Kier alpha value is -2.20. The molecule has 0 aromatic heterocycles. The van der Waals surface area contributed by atoms with Gasteiger partial charge in [-0.15, -0.1) is 0 Å². The van der Waals surface area contributed by atoms with Crippen LogP contribution >= 0.6 is 0 Å². The van der Waals surface area contributed by atoms with E-state index < -0.39 is 6.10 Å². The highest BCUT2D eigenvalue weighted by Gasteiger charge is 2.03. The Labute approximate surface area is 124 Å². The molecular formula is C17H20O4.